The average molecular weight is 644 g/mol. The van der Waals surface area contributed by atoms with Gasteiger partial charge < -0.3 is 54.3 Å². The molecule has 0 atom stereocenters. The number of sulfone groups is 1. The van der Waals surface area contributed by atoms with E-state index in [0.717, 1.165) is 11.8 Å². The van der Waals surface area contributed by atoms with E-state index in [1.165, 1.54) is 14.2 Å². The average Bonchev–Trinajstić information content (AvgIpc) is 2.94. The van der Waals surface area contributed by atoms with Crippen molar-refractivity contribution >= 4 is 65.7 Å². The number of hydrogen-bond acceptors (Lipinski definition) is 15. The molecule has 0 radical (unpaired) electrons. The molecule has 0 spiro atoms. The van der Waals surface area contributed by atoms with Gasteiger partial charge in [-0.2, -0.15) is 8.42 Å². The number of carbonyl (C=O) groups excluding carboxylic acids is 1. The van der Waals surface area contributed by atoms with Crippen LogP contribution in [0.5, 0.6) is 5.75 Å². The van der Waals surface area contributed by atoms with Crippen LogP contribution in [-0.2, 0) is 24.7 Å². The standard InChI is InChI=1S/C11H18N2O4S.C8H9NO2.C6H10N4O3S/c1-17-11-3-2-9(8-10(11)12)13-4-6-18(15,16)7-5-14;1-11-8(10)6-4-2-3-5-7(6)9;7-2-1-3(14(11,12)13)5(9)6(10)4(2)8/h2-3,8,13-14H,4-7,12H2,1H3;2-5H,9H2,1H3;1H,7-10H2,(H,11,12,13). The molecule has 0 aliphatic rings. The first-order chi connectivity index (χ1) is 20.0. The number of methoxy groups -OCH3 is 2. The molecule has 0 aliphatic heterocycles. The van der Waals surface area contributed by atoms with Gasteiger partial charge in [0.05, 0.1) is 66.3 Å². The molecular weight excluding hydrogens is 606 g/mol. The Hall–Kier alpha value is -4.65. The first kappa shape index (κ1) is 36.4. The van der Waals surface area contributed by atoms with Gasteiger partial charge >= 0.3 is 5.97 Å². The Morgan fingerprint density at radius 3 is 1.95 bits per heavy atom. The second-order valence-corrected chi connectivity index (χ2v) is 12.2. The Morgan fingerprint density at radius 2 is 1.44 bits per heavy atom. The van der Waals surface area contributed by atoms with E-state index in [1.54, 1.807) is 42.5 Å². The molecule has 0 fully saturated rings. The number of aliphatic hydroxyl groups is 1. The zero-order valence-corrected chi connectivity index (χ0v) is 25.1. The summed E-state index contributed by atoms with van der Waals surface area (Å²) in [5.41, 5.74) is 34.2. The highest BCUT2D eigenvalue weighted by molar-refractivity contribution is 7.91. The molecule has 0 unspecified atom stereocenters. The Labute approximate surface area is 249 Å². The first-order valence-corrected chi connectivity index (χ1v) is 15.4. The van der Waals surface area contributed by atoms with Gasteiger partial charge in [-0.3, -0.25) is 4.55 Å². The molecule has 0 aliphatic carbocycles. The van der Waals surface area contributed by atoms with E-state index in [2.05, 4.69) is 10.1 Å². The van der Waals surface area contributed by atoms with Gasteiger partial charge in [0, 0.05) is 17.9 Å². The van der Waals surface area contributed by atoms with Gasteiger partial charge in [-0.15, -0.1) is 0 Å². The molecule has 0 aromatic heterocycles. The summed E-state index contributed by atoms with van der Waals surface area (Å²) in [6.45, 7) is -0.0775. The summed E-state index contributed by atoms with van der Waals surface area (Å²) < 4.78 is 62.5. The lowest BCUT2D eigenvalue weighted by molar-refractivity contribution is 0.0602. The maximum absolute atomic E-state index is 11.3. The quantitative estimate of drug-likeness (QED) is 0.0866. The van der Waals surface area contributed by atoms with E-state index in [1.807, 2.05) is 0 Å². The van der Waals surface area contributed by atoms with Crippen LogP contribution in [0.25, 0.3) is 0 Å². The Bertz CT molecular complexity index is 1620. The topological polar surface area (TPSA) is 312 Å². The van der Waals surface area contributed by atoms with Gasteiger partial charge in [0.25, 0.3) is 10.1 Å². The summed E-state index contributed by atoms with van der Waals surface area (Å²) in [6.07, 6.45) is 0. The Morgan fingerprint density at radius 1 is 0.814 bits per heavy atom. The molecule has 0 saturated carbocycles. The van der Waals surface area contributed by atoms with E-state index >= 15 is 0 Å². The number of para-hydroxylation sites is 1. The molecule has 0 heterocycles. The number of benzene rings is 3. The summed E-state index contributed by atoms with van der Waals surface area (Å²) in [6, 6.07) is 12.9. The number of anilines is 7. The highest BCUT2D eigenvalue weighted by atomic mass is 32.2. The van der Waals surface area contributed by atoms with Gasteiger partial charge in [-0.05, 0) is 36.4 Å². The Kier molecular flexibility index (Phi) is 13.6. The van der Waals surface area contributed by atoms with Gasteiger partial charge in [0.1, 0.15) is 10.6 Å². The zero-order chi connectivity index (χ0) is 33.0. The number of rotatable bonds is 9. The molecule has 0 amide bonds. The second-order valence-electron chi connectivity index (χ2n) is 8.52. The van der Waals surface area contributed by atoms with Crippen LogP contribution in [0, 0.1) is 0 Å². The van der Waals surface area contributed by atoms with Crippen molar-refractivity contribution in [3.63, 3.8) is 0 Å². The predicted molar refractivity (Wildman–Crippen MR) is 168 cm³/mol. The summed E-state index contributed by atoms with van der Waals surface area (Å²) >= 11 is 0. The lowest BCUT2D eigenvalue weighted by atomic mass is 10.2. The van der Waals surface area contributed by atoms with Crippen molar-refractivity contribution in [2.75, 3.05) is 78.6 Å². The van der Waals surface area contributed by atoms with E-state index in [4.69, 9.17) is 48.8 Å². The molecule has 3 rings (SSSR count). The number of nitrogens with two attached hydrogens (primary N) is 6. The van der Waals surface area contributed by atoms with Crippen LogP contribution in [0.2, 0.25) is 0 Å². The Balaban J connectivity index is 0.000000332. The van der Waals surface area contributed by atoms with Crippen LogP contribution in [0.1, 0.15) is 10.4 Å². The third-order valence-corrected chi connectivity index (χ3v) is 7.99. The maximum atomic E-state index is 11.3. The van der Waals surface area contributed by atoms with Crippen LogP contribution >= 0.6 is 0 Å². The highest BCUT2D eigenvalue weighted by Crippen LogP contribution is 2.34. The van der Waals surface area contributed by atoms with Crippen LogP contribution in [-0.4, -0.2) is 71.3 Å². The van der Waals surface area contributed by atoms with Crippen molar-refractivity contribution < 1.29 is 40.8 Å². The largest absolute Gasteiger partial charge is 0.495 e. The zero-order valence-electron chi connectivity index (χ0n) is 23.5. The summed E-state index contributed by atoms with van der Waals surface area (Å²) in [7, 11) is -4.77. The van der Waals surface area contributed by atoms with Crippen LogP contribution in [0.4, 0.5) is 39.8 Å². The fourth-order valence-electron chi connectivity index (χ4n) is 3.17. The molecule has 238 valence electrons. The molecule has 0 saturated heterocycles. The summed E-state index contributed by atoms with van der Waals surface area (Å²) in [4.78, 5) is 10.4. The fourth-order valence-corrected chi connectivity index (χ4v) is 4.73. The second kappa shape index (κ2) is 16.1. The smallest absolute Gasteiger partial charge is 0.339 e. The van der Waals surface area contributed by atoms with Crippen LogP contribution in [0.3, 0.4) is 0 Å². The minimum absolute atomic E-state index is 0.00472. The number of nitrogens with one attached hydrogen (secondary N) is 1. The minimum Gasteiger partial charge on any atom is -0.495 e. The molecule has 0 bridgehead atoms. The number of nitrogen functional groups attached to an aromatic ring is 6. The molecule has 3 aromatic rings. The number of aliphatic hydroxyl groups excluding tert-OH is 1. The van der Waals surface area contributed by atoms with Crippen molar-refractivity contribution in [3.05, 3.63) is 54.1 Å². The van der Waals surface area contributed by atoms with Gasteiger partial charge in [-0.1, -0.05) is 12.1 Å². The van der Waals surface area contributed by atoms with Crippen LogP contribution in [0.15, 0.2) is 53.4 Å². The van der Waals surface area contributed by atoms with Crippen molar-refractivity contribution in [1.29, 1.82) is 0 Å². The SMILES string of the molecule is COC(=O)c1ccccc1N.COc1ccc(NCCS(=O)(=O)CCO)cc1N.Nc1cc(S(=O)(=O)O)c(N)c(N)c1N. The first-order valence-electron chi connectivity index (χ1n) is 12.1. The number of esters is 1. The molecule has 15 N–H and O–H groups in total. The van der Waals surface area contributed by atoms with E-state index in [0.29, 0.717) is 22.7 Å². The lowest BCUT2D eigenvalue weighted by Gasteiger charge is -2.10. The molecule has 3 aromatic carbocycles. The monoisotopic (exact) mass is 643 g/mol. The number of ether oxygens (including phenoxy) is 2. The van der Waals surface area contributed by atoms with Crippen LogP contribution < -0.4 is 44.5 Å². The third-order valence-electron chi connectivity index (χ3n) is 5.46. The third kappa shape index (κ3) is 11.3. The van der Waals surface area contributed by atoms with Crippen molar-refractivity contribution in [2.45, 2.75) is 4.90 Å². The van der Waals surface area contributed by atoms with Gasteiger partial charge in [0.15, 0.2) is 9.84 Å². The van der Waals surface area contributed by atoms with E-state index < -0.39 is 30.8 Å². The summed E-state index contributed by atoms with van der Waals surface area (Å²) in [5, 5.41) is 11.5. The van der Waals surface area contributed by atoms with Gasteiger partial charge in [-0.25, -0.2) is 13.2 Å². The molecule has 43 heavy (non-hydrogen) atoms. The number of hydrogen-bond donors (Lipinski definition) is 9. The highest BCUT2D eigenvalue weighted by Gasteiger charge is 2.19. The summed E-state index contributed by atoms with van der Waals surface area (Å²) in [5.74, 6) is -0.0598. The van der Waals surface area contributed by atoms with Gasteiger partial charge in [0.2, 0.25) is 0 Å². The van der Waals surface area contributed by atoms with Crippen molar-refractivity contribution in [1.82, 2.24) is 0 Å². The number of carbonyl (C=O) groups is 1. The van der Waals surface area contributed by atoms with Crippen molar-refractivity contribution in [2.24, 2.45) is 0 Å². The predicted octanol–water partition coefficient (Wildman–Crippen LogP) is 0.414. The molecule has 18 heteroatoms. The van der Waals surface area contributed by atoms with E-state index in [9.17, 15) is 21.6 Å². The maximum Gasteiger partial charge on any atom is 0.339 e. The minimum atomic E-state index is -4.44. The lowest BCUT2D eigenvalue weighted by Crippen LogP contribution is -2.20. The van der Waals surface area contributed by atoms with Crippen molar-refractivity contribution in [3.8, 4) is 5.75 Å². The molecule has 16 nitrogen and oxygen atoms in total. The normalized spacial score (nSPS) is 10.8. The fraction of sp³-hybridized carbons (Fsp3) is 0.240. The van der Waals surface area contributed by atoms with E-state index in [-0.39, 0.29) is 47.4 Å². The molecular formula is C25H37N7O9S2.